The molecule has 1 heterocycles. The van der Waals surface area contributed by atoms with Crippen LogP contribution in [0.1, 0.15) is 5.56 Å². The molecule has 3 aromatic rings. The van der Waals surface area contributed by atoms with Crippen LogP contribution >= 0.6 is 23.2 Å². The molecule has 0 saturated carbocycles. The number of carbonyl (C=O) groups is 1. The van der Waals surface area contributed by atoms with Gasteiger partial charge in [-0.05, 0) is 42.0 Å². The number of hydrogen-bond donors (Lipinski definition) is 1. The summed E-state index contributed by atoms with van der Waals surface area (Å²) in [6.07, 6.45) is 1.84. The molecule has 0 radical (unpaired) electrons. The van der Waals surface area contributed by atoms with Crippen LogP contribution in [0.2, 0.25) is 10.0 Å². The SMILES string of the molecule is O=C(Cc1c(Cl)cccc1Cl)Nc1cccc2ncccc12. The van der Waals surface area contributed by atoms with E-state index < -0.39 is 0 Å². The summed E-state index contributed by atoms with van der Waals surface area (Å²) in [5.74, 6) is -0.175. The number of halogens is 2. The Morgan fingerprint density at radius 2 is 1.73 bits per heavy atom. The maximum Gasteiger partial charge on any atom is 0.228 e. The number of rotatable bonds is 3. The molecular formula is C17H12Cl2N2O. The highest BCUT2D eigenvalue weighted by atomic mass is 35.5. The molecular weight excluding hydrogens is 319 g/mol. The zero-order valence-corrected chi connectivity index (χ0v) is 13.0. The van der Waals surface area contributed by atoms with Gasteiger partial charge in [0.25, 0.3) is 0 Å². The van der Waals surface area contributed by atoms with Crippen molar-refractivity contribution in [2.75, 3.05) is 5.32 Å². The van der Waals surface area contributed by atoms with Gasteiger partial charge in [0, 0.05) is 21.6 Å². The van der Waals surface area contributed by atoms with Crippen molar-refractivity contribution in [1.29, 1.82) is 0 Å². The van der Waals surface area contributed by atoms with Gasteiger partial charge < -0.3 is 5.32 Å². The van der Waals surface area contributed by atoms with Crippen LogP contribution in [0.4, 0.5) is 5.69 Å². The molecule has 3 rings (SSSR count). The van der Waals surface area contributed by atoms with Crippen LogP contribution in [-0.4, -0.2) is 10.9 Å². The zero-order valence-electron chi connectivity index (χ0n) is 11.5. The Hall–Kier alpha value is -2.10. The quantitative estimate of drug-likeness (QED) is 0.754. The predicted molar refractivity (Wildman–Crippen MR) is 90.5 cm³/mol. The number of benzene rings is 2. The number of hydrogen-bond acceptors (Lipinski definition) is 2. The number of fused-ring (bicyclic) bond motifs is 1. The molecule has 0 spiro atoms. The molecule has 0 aliphatic heterocycles. The van der Waals surface area contributed by atoms with E-state index in [0.29, 0.717) is 15.6 Å². The highest BCUT2D eigenvalue weighted by Gasteiger charge is 2.12. The van der Waals surface area contributed by atoms with Gasteiger partial charge in [0.05, 0.1) is 17.6 Å². The summed E-state index contributed by atoms with van der Waals surface area (Å²) >= 11 is 12.2. The van der Waals surface area contributed by atoms with E-state index in [1.54, 1.807) is 24.4 Å². The Labute approximate surface area is 137 Å². The minimum atomic E-state index is -0.175. The van der Waals surface area contributed by atoms with Crippen molar-refractivity contribution in [3.63, 3.8) is 0 Å². The van der Waals surface area contributed by atoms with E-state index >= 15 is 0 Å². The number of carbonyl (C=O) groups excluding carboxylic acids is 1. The fraction of sp³-hybridized carbons (Fsp3) is 0.0588. The van der Waals surface area contributed by atoms with E-state index in [2.05, 4.69) is 10.3 Å². The number of aromatic nitrogens is 1. The molecule has 0 aliphatic carbocycles. The third-order valence-corrected chi connectivity index (χ3v) is 4.03. The van der Waals surface area contributed by atoms with Crippen LogP contribution in [0.3, 0.4) is 0 Å². The first-order valence-corrected chi connectivity index (χ1v) is 7.47. The lowest BCUT2D eigenvalue weighted by molar-refractivity contribution is -0.115. The first-order chi connectivity index (χ1) is 10.6. The highest BCUT2D eigenvalue weighted by Crippen LogP contribution is 2.26. The van der Waals surface area contributed by atoms with Crippen molar-refractivity contribution in [2.24, 2.45) is 0 Å². The lowest BCUT2D eigenvalue weighted by atomic mass is 10.1. The third kappa shape index (κ3) is 3.06. The summed E-state index contributed by atoms with van der Waals surface area (Å²) in [4.78, 5) is 16.5. The second kappa shape index (κ2) is 6.34. The van der Waals surface area contributed by atoms with Crippen LogP contribution in [0.25, 0.3) is 10.9 Å². The van der Waals surface area contributed by atoms with Crippen LogP contribution < -0.4 is 5.32 Å². The predicted octanol–water partition coefficient (Wildman–Crippen LogP) is 4.72. The molecule has 1 aromatic heterocycles. The normalized spacial score (nSPS) is 10.6. The lowest BCUT2D eigenvalue weighted by Crippen LogP contribution is -2.15. The largest absolute Gasteiger partial charge is 0.325 e. The Morgan fingerprint density at radius 1 is 1.00 bits per heavy atom. The van der Waals surface area contributed by atoms with Crippen molar-refractivity contribution >= 4 is 45.7 Å². The molecule has 110 valence electrons. The third-order valence-electron chi connectivity index (χ3n) is 3.32. The van der Waals surface area contributed by atoms with Gasteiger partial charge in [0.2, 0.25) is 5.91 Å². The van der Waals surface area contributed by atoms with E-state index in [9.17, 15) is 4.79 Å². The number of nitrogens with one attached hydrogen (secondary N) is 1. The van der Waals surface area contributed by atoms with Crippen LogP contribution in [-0.2, 0) is 11.2 Å². The van der Waals surface area contributed by atoms with Crippen molar-refractivity contribution in [1.82, 2.24) is 4.98 Å². The van der Waals surface area contributed by atoms with Gasteiger partial charge in [-0.1, -0.05) is 35.3 Å². The molecule has 0 saturated heterocycles. The summed E-state index contributed by atoms with van der Waals surface area (Å²) in [5, 5.41) is 4.76. The van der Waals surface area contributed by atoms with Crippen LogP contribution in [0, 0.1) is 0 Å². The monoisotopic (exact) mass is 330 g/mol. The van der Waals surface area contributed by atoms with E-state index in [1.807, 2.05) is 30.3 Å². The summed E-state index contributed by atoms with van der Waals surface area (Å²) in [6.45, 7) is 0. The van der Waals surface area contributed by atoms with Crippen molar-refractivity contribution < 1.29 is 4.79 Å². The first-order valence-electron chi connectivity index (χ1n) is 6.71. The topological polar surface area (TPSA) is 42.0 Å². The van der Waals surface area contributed by atoms with E-state index in [-0.39, 0.29) is 12.3 Å². The molecule has 0 fully saturated rings. The maximum absolute atomic E-state index is 12.3. The van der Waals surface area contributed by atoms with Crippen LogP contribution in [0.15, 0.2) is 54.7 Å². The Morgan fingerprint density at radius 3 is 2.50 bits per heavy atom. The van der Waals surface area contributed by atoms with Crippen molar-refractivity contribution in [3.05, 3.63) is 70.3 Å². The second-order valence-electron chi connectivity index (χ2n) is 4.80. The standard InChI is InChI=1S/C17H12Cl2N2O/c18-13-5-1-6-14(19)12(13)10-17(22)21-16-8-2-7-15-11(16)4-3-9-20-15/h1-9H,10H2,(H,21,22). The summed E-state index contributed by atoms with van der Waals surface area (Å²) < 4.78 is 0. The smallest absolute Gasteiger partial charge is 0.228 e. The minimum absolute atomic E-state index is 0.120. The highest BCUT2D eigenvalue weighted by molar-refractivity contribution is 6.36. The van der Waals surface area contributed by atoms with E-state index in [4.69, 9.17) is 23.2 Å². The number of amides is 1. The molecule has 1 amide bonds. The van der Waals surface area contributed by atoms with Crippen molar-refractivity contribution in [2.45, 2.75) is 6.42 Å². The van der Waals surface area contributed by atoms with Gasteiger partial charge in [-0.3, -0.25) is 9.78 Å². The summed E-state index contributed by atoms with van der Waals surface area (Å²) in [6, 6.07) is 14.5. The molecule has 1 N–H and O–H groups in total. The summed E-state index contributed by atoms with van der Waals surface area (Å²) in [5.41, 5.74) is 2.18. The molecule has 2 aromatic carbocycles. The molecule has 5 heteroatoms. The Kier molecular flexibility index (Phi) is 4.27. The Balaban J connectivity index is 1.85. The average molecular weight is 331 g/mol. The summed E-state index contributed by atoms with van der Waals surface area (Å²) in [7, 11) is 0. The fourth-order valence-corrected chi connectivity index (χ4v) is 2.80. The van der Waals surface area contributed by atoms with E-state index in [0.717, 1.165) is 16.6 Å². The van der Waals surface area contributed by atoms with Gasteiger partial charge in [-0.2, -0.15) is 0 Å². The average Bonchev–Trinajstić information content (AvgIpc) is 2.51. The van der Waals surface area contributed by atoms with Crippen molar-refractivity contribution in [3.8, 4) is 0 Å². The molecule has 0 bridgehead atoms. The number of nitrogens with zero attached hydrogens (tertiary/aromatic N) is 1. The minimum Gasteiger partial charge on any atom is -0.325 e. The van der Waals surface area contributed by atoms with Gasteiger partial charge in [0.1, 0.15) is 0 Å². The molecule has 3 nitrogen and oxygen atoms in total. The zero-order chi connectivity index (χ0) is 15.5. The second-order valence-corrected chi connectivity index (χ2v) is 5.62. The van der Waals surface area contributed by atoms with Gasteiger partial charge in [-0.15, -0.1) is 0 Å². The first kappa shape index (κ1) is 14.8. The van der Waals surface area contributed by atoms with Gasteiger partial charge in [0.15, 0.2) is 0 Å². The van der Waals surface area contributed by atoms with E-state index in [1.165, 1.54) is 0 Å². The molecule has 0 unspecified atom stereocenters. The molecule has 0 aliphatic rings. The molecule has 22 heavy (non-hydrogen) atoms. The van der Waals surface area contributed by atoms with Gasteiger partial charge >= 0.3 is 0 Å². The maximum atomic E-state index is 12.3. The lowest BCUT2D eigenvalue weighted by Gasteiger charge is -2.10. The van der Waals surface area contributed by atoms with Crippen LogP contribution in [0.5, 0.6) is 0 Å². The fourth-order valence-electron chi connectivity index (χ4n) is 2.27. The molecule has 0 atom stereocenters. The number of pyridine rings is 1. The van der Waals surface area contributed by atoms with Gasteiger partial charge in [-0.25, -0.2) is 0 Å². The number of anilines is 1. The Bertz CT molecular complexity index is 823.